The van der Waals surface area contributed by atoms with Crippen LogP contribution in [0.2, 0.25) is 0 Å². The van der Waals surface area contributed by atoms with Crippen molar-refractivity contribution in [1.82, 2.24) is 29.7 Å². The Labute approximate surface area is 335 Å². The molecule has 312 valence electrons. The van der Waals surface area contributed by atoms with Gasteiger partial charge in [0.15, 0.2) is 0 Å². The van der Waals surface area contributed by atoms with Crippen molar-refractivity contribution >= 4 is 56.5 Å². The highest BCUT2D eigenvalue weighted by molar-refractivity contribution is 7.91. The van der Waals surface area contributed by atoms with E-state index in [9.17, 15) is 42.3 Å². The van der Waals surface area contributed by atoms with Gasteiger partial charge < -0.3 is 34.4 Å². The lowest BCUT2D eigenvalue weighted by molar-refractivity contribution is -0.157. The fraction of sp³-hybridized carbons (Fsp3) is 0.564. The van der Waals surface area contributed by atoms with Crippen LogP contribution in [0, 0.1) is 5.92 Å². The van der Waals surface area contributed by atoms with Gasteiger partial charge in [0.1, 0.15) is 41.6 Å². The van der Waals surface area contributed by atoms with E-state index in [2.05, 4.69) is 21.6 Å². The molecule has 0 spiro atoms. The Morgan fingerprint density at radius 3 is 2.48 bits per heavy atom. The SMILES string of the molecule is C=C[C@@H]1C[C@]1(NC(=O)[C@@H]1CC(Oc2nccc3cc(OC)ccc23)CN1C(=O)[C@H](CCC(=O)N1C[C@@H]2C[C@H]1C(=O)O2)N(C(=O)O)C(C)(C)C)C(=O)NS(=O)(=O)C1CC1. The molecule has 3 aliphatic heterocycles. The van der Waals surface area contributed by atoms with E-state index in [1.807, 2.05) is 0 Å². The number of carbonyl (C=O) groups is 6. The monoisotopic (exact) mass is 824 g/mol. The molecule has 2 saturated carbocycles. The number of fused-ring (bicyclic) bond motifs is 3. The second kappa shape index (κ2) is 15.0. The number of hydrogen-bond donors (Lipinski definition) is 3. The summed E-state index contributed by atoms with van der Waals surface area (Å²) in [7, 11) is -2.44. The van der Waals surface area contributed by atoms with Crippen LogP contribution in [0.1, 0.15) is 65.7 Å². The maximum absolute atomic E-state index is 14.9. The summed E-state index contributed by atoms with van der Waals surface area (Å²) in [5, 5.41) is 13.9. The number of morpholine rings is 1. The molecule has 1 aromatic heterocycles. The van der Waals surface area contributed by atoms with Gasteiger partial charge in [-0.25, -0.2) is 23.0 Å². The topological polar surface area (TPSA) is 231 Å². The standard InChI is InChI=1S/C39H48N6O12S/c1-6-22-18-39(22,36(50)42-58(53,54)26-8-9-26)41-32(47)29-16-24(56-33-27-10-7-23(55-5)15-21(27)13-14-40-33)20-44(29)34(48)28(45(37(51)52)38(2,3)4)11-12-31(46)43-19-25-17-30(43)35(49)57-25/h6-7,10,13-15,22,24-26,28-30H,1,8-9,11-12,16-20H2,2-5H3,(H,41,47)(H,42,50)(H,51,52)/t22-,24?,25+,28+,29+,30+,39-/m1/s1. The zero-order valence-electron chi connectivity index (χ0n) is 32.7. The van der Waals surface area contributed by atoms with E-state index in [-0.39, 0.29) is 44.7 Å². The van der Waals surface area contributed by atoms with Gasteiger partial charge in [-0.05, 0) is 76.1 Å². The number of benzene rings is 1. The summed E-state index contributed by atoms with van der Waals surface area (Å²) in [5.41, 5.74) is -2.82. The fourth-order valence-corrected chi connectivity index (χ4v) is 9.74. The van der Waals surface area contributed by atoms with Crippen LogP contribution in [-0.2, 0) is 38.7 Å². The Balaban J connectivity index is 1.19. The lowest BCUT2D eigenvalue weighted by Gasteiger charge is -2.41. The molecule has 18 nitrogen and oxygen atoms in total. The Morgan fingerprint density at radius 2 is 1.88 bits per heavy atom. The average molecular weight is 825 g/mol. The third kappa shape index (κ3) is 7.75. The van der Waals surface area contributed by atoms with Crippen molar-refractivity contribution in [2.24, 2.45) is 5.92 Å². The highest BCUT2D eigenvalue weighted by atomic mass is 32.2. The van der Waals surface area contributed by atoms with Crippen LogP contribution in [0.15, 0.2) is 43.1 Å². The Morgan fingerprint density at radius 1 is 1.14 bits per heavy atom. The second-order valence-corrected chi connectivity index (χ2v) is 18.6. The van der Waals surface area contributed by atoms with Crippen LogP contribution in [0.25, 0.3) is 10.8 Å². The molecule has 2 aromatic rings. The third-order valence-electron chi connectivity index (χ3n) is 11.6. The Bertz CT molecular complexity index is 2170. The summed E-state index contributed by atoms with van der Waals surface area (Å²) in [5.74, 6) is -3.27. The molecular weight excluding hydrogens is 777 g/mol. The molecule has 7 rings (SSSR count). The molecule has 1 unspecified atom stereocenters. The van der Waals surface area contributed by atoms with Gasteiger partial charge in [0, 0.05) is 42.3 Å². The lowest BCUT2D eigenvalue weighted by Crippen LogP contribution is -2.61. The van der Waals surface area contributed by atoms with Gasteiger partial charge in [0.2, 0.25) is 33.6 Å². The van der Waals surface area contributed by atoms with Gasteiger partial charge in [-0.15, -0.1) is 6.58 Å². The van der Waals surface area contributed by atoms with Crippen molar-refractivity contribution in [2.75, 3.05) is 20.2 Å². The van der Waals surface area contributed by atoms with E-state index in [1.165, 1.54) is 29.2 Å². The van der Waals surface area contributed by atoms with Crippen LogP contribution in [-0.4, -0.2) is 136 Å². The zero-order valence-corrected chi connectivity index (χ0v) is 33.5. The van der Waals surface area contributed by atoms with E-state index in [0.717, 1.165) is 10.3 Å². The highest BCUT2D eigenvalue weighted by Gasteiger charge is 2.62. The van der Waals surface area contributed by atoms with Gasteiger partial charge in [0.25, 0.3) is 5.91 Å². The highest BCUT2D eigenvalue weighted by Crippen LogP contribution is 2.46. The number of esters is 1. The number of aromatic nitrogens is 1. The number of nitrogens with zero attached hydrogens (tertiary/aromatic N) is 4. The first kappa shape index (κ1) is 40.7. The largest absolute Gasteiger partial charge is 0.497 e. The van der Waals surface area contributed by atoms with E-state index >= 15 is 0 Å². The normalized spacial score (nSPS) is 26.8. The molecule has 19 heteroatoms. The van der Waals surface area contributed by atoms with Gasteiger partial charge in [-0.1, -0.05) is 6.08 Å². The number of methoxy groups -OCH3 is 1. The molecule has 7 atom stereocenters. The number of carboxylic acid groups (broad SMARTS) is 1. The third-order valence-corrected chi connectivity index (χ3v) is 13.4. The molecule has 2 aliphatic carbocycles. The van der Waals surface area contributed by atoms with Crippen LogP contribution >= 0.6 is 0 Å². The van der Waals surface area contributed by atoms with Gasteiger partial charge >= 0.3 is 12.1 Å². The number of rotatable bonds is 14. The van der Waals surface area contributed by atoms with Crippen molar-refractivity contribution in [2.45, 2.75) is 112 Å². The average Bonchev–Trinajstić information content (AvgIpc) is 4.02. The van der Waals surface area contributed by atoms with Crippen molar-refractivity contribution in [1.29, 1.82) is 0 Å². The van der Waals surface area contributed by atoms with Crippen molar-refractivity contribution in [3.63, 3.8) is 0 Å². The first-order chi connectivity index (χ1) is 27.4. The number of sulfonamides is 1. The molecule has 3 saturated heterocycles. The van der Waals surface area contributed by atoms with E-state index in [1.54, 1.807) is 45.0 Å². The van der Waals surface area contributed by atoms with Crippen LogP contribution in [0.5, 0.6) is 11.6 Å². The minimum absolute atomic E-state index is 0.0612. The summed E-state index contributed by atoms with van der Waals surface area (Å²) in [6.45, 7) is 8.53. The predicted octanol–water partition coefficient (Wildman–Crippen LogP) is 1.71. The summed E-state index contributed by atoms with van der Waals surface area (Å²) in [6.07, 6.45) is 0.808. The minimum Gasteiger partial charge on any atom is -0.497 e. The van der Waals surface area contributed by atoms with Crippen LogP contribution in [0.4, 0.5) is 4.79 Å². The smallest absolute Gasteiger partial charge is 0.408 e. The number of pyridine rings is 1. The number of amides is 5. The molecule has 3 N–H and O–H groups in total. The molecule has 58 heavy (non-hydrogen) atoms. The van der Waals surface area contributed by atoms with Gasteiger partial charge in [-0.3, -0.25) is 28.8 Å². The summed E-state index contributed by atoms with van der Waals surface area (Å²) in [4.78, 5) is 89.6. The quantitative estimate of drug-likeness (QED) is 0.182. The molecule has 5 fully saturated rings. The zero-order chi connectivity index (χ0) is 41.9. The molecule has 1 aromatic carbocycles. The fourth-order valence-electron chi connectivity index (χ4n) is 8.37. The molecule has 2 bridgehead atoms. The molecular formula is C39H48N6O12S. The second-order valence-electron chi connectivity index (χ2n) is 16.6. The molecule has 0 radical (unpaired) electrons. The van der Waals surface area contributed by atoms with Gasteiger partial charge in [0.05, 0.1) is 25.4 Å². The minimum atomic E-state index is -3.98. The van der Waals surface area contributed by atoms with Crippen molar-refractivity contribution < 1.29 is 56.5 Å². The van der Waals surface area contributed by atoms with Crippen molar-refractivity contribution in [3.05, 3.63) is 43.1 Å². The van der Waals surface area contributed by atoms with E-state index < -0.39 is 98.3 Å². The Hall–Kier alpha value is -5.46. The molecule has 5 amide bonds. The number of nitrogens with one attached hydrogen (secondary N) is 2. The Kier molecular flexibility index (Phi) is 10.6. The molecule has 4 heterocycles. The molecule has 5 aliphatic rings. The van der Waals surface area contributed by atoms with Crippen LogP contribution < -0.4 is 19.5 Å². The maximum Gasteiger partial charge on any atom is 0.408 e. The number of likely N-dealkylation sites (tertiary alicyclic amines) is 2. The maximum atomic E-state index is 14.9. The number of ether oxygens (including phenoxy) is 3. The predicted molar refractivity (Wildman–Crippen MR) is 205 cm³/mol. The summed E-state index contributed by atoms with van der Waals surface area (Å²) >= 11 is 0. The number of carbonyl (C=O) groups excluding carboxylic acids is 5. The summed E-state index contributed by atoms with van der Waals surface area (Å²) in [6, 6.07) is 3.48. The van der Waals surface area contributed by atoms with Gasteiger partial charge in [-0.2, -0.15) is 0 Å². The first-order valence-electron chi connectivity index (χ1n) is 19.3. The van der Waals surface area contributed by atoms with E-state index in [0.29, 0.717) is 30.4 Å². The van der Waals surface area contributed by atoms with Crippen molar-refractivity contribution in [3.8, 4) is 11.6 Å². The first-order valence-corrected chi connectivity index (χ1v) is 20.8. The van der Waals surface area contributed by atoms with E-state index in [4.69, 9.17) is 14.2 Å². The summed E-state index contributed by atoms with van der Waals surface area (Å²) < 4.78 is 44.6. The lowest BCUT2D eigenvalue weighted by atomic mass is 9.98. The number of hydrogen-bond acceptors (Lipinski definition) is 12. The van der Waals surface area contributed by atoms with Crippen LogP contribution in [0.3, 0.4) is 0 Å².